The van der Waals surface area contributed by atoms with Gasteiger partial charge in [0.1, 0.15) is 15.7 Å². The van der Waals surface area contributed by atoms with Crippen molar-refractivity contribution in [1.82, 2.24) is 14.8 Å². The molecule has 9 heteroatoms. The third-order valence-electron chi connectivity index (χ3n) is 3.86. The van der Waals surface area contributed by atoms with Crippen LogP contribution in [0.25, 0.3) is 10.6 Å². The predicted octanol–water partition coefficient (Wildman–Crippen LogP) is 5.17. The summed E-state index contributed by atoms with van der Waals surface area (Å²) in [4.78, 5) is 17.3. The van der Waals surface area contributed by atoms with E-state index in [1.807, 2.05) is 13.8 Å². The number of carbonyl (C=O) groups excluding carboxylic acids is 1. The van der Waals surface area contributed by atoms with Crippen LogP contribution in [0.2, 0.25) is 0 Å². The third kappa shape index (κ3) is 4.02. The first-order chi connectivity index (χ1) is 12.7. The van der Waals surface area contributed by atoms with Crippen LogP contribution < -0.4 is 5.32 Å². The minimum Gasteiger partial charge on any atom is -0.306 e. The molecule has 0 saturated carbocycles. The zero-order valence-corrected chi connectivity index (χ0v) is 15.6. The molecule has 0 fully saturated rings. The fourth-order valence-electron chi connectivity index (χ4n) is 2.53. The van der Waals surface area contributed by atoms with Crippen molar-refractivity contribution in [2.75, 3.05) is 5.32 Å². The van der Waals surface area contributed by atoms with E-state index in [0.29, 0.717) is 27.0 Å². The van der Waals surface area contributed by atoms with Gasteiger partial charge in [0, 0.05) is 17.7 Å². The smallest absolute Gasteiger partial charge is 0.306 e. The summed E-state index contributed by atoms with van der Waals surface area (Å²) >= 11 is 1.14. The Kier molecular flexibility index (Phi) is 5.05. The van der Waals surface area contributed by atoms with E-state index in [1.54, 1.807) is 23.9 Å². The normalized spacial score (nSPS) is 11.8. The second-order valence-electron chi connectivity index (χ2n) is 6.22. The predicted molar refractivity (Wildman–Crippen MR) is 97.9 cm³/mol. The highest BCUT2D eigenvalue weighted by molar-refractivity contribution is 7.17. The molecule has 3 aromatic rings. The fraction of sp³-hybridized carbons (Fsp3) is 0.278. The van der Waals surface area contributed by atoms with E-state index < -0.39 is 11.7 Å². The van der Waals surface area contributed by atoms with Crippen LogP contribution in [-0.4, -0.2) is 20.7 Å². The zero-order valence-electron chi connectivity index (χ0n) is 14.8. The van der Waals surface area contributed by atoms with Crippen molar-refractivity contribution in [3.05, 3.63) is 52.7 Å². The number of aryl methyl sites for hydroxylation is 1. The lowest BCUT2D eigenvalue weighted by Crippen LogP contribution is -2.16. The molecular weight excluding hydrogens is 377 g/mol. The van der Waals surface area contributed by atoms with Gasteiger partial charge in [0.15, 0.2) is 0 Å². The molecule has 0 bridgehead atoms. The number of amides is 1. The summed E-state index contributed by atoms with van der Waals surface area (Å²) in [5.74, 6) is 0.240. The Morgan fingerprint density at radius 3 is 2.44 bits per heavy atom. The molecule has 1 amide bonds. The van der Waals surface area contributed by atoms with Gasteiger partial charge in [-0.3, -0.25) is 4.79 Å². The summed E-state index contributed by atoms with van der Waals surface area (Å²) in [6, 6.07) is 6.51. The number of aromatic nitrogens is 3. The minimum atomic E-state index is -4.39. The minimum absolute atomic E-state index is 0.0839. The molecule has 1 aromatic carbocycles. The molecule has 3 rings (SSSR count). The van der Waals surface area contributed by atoms with Crippen molar-refractivity contribution in [3.8, 4) is 10.6 Å². The molecule has 2 heterocycles. The molecule has 0 unspecified atom stereocenters. The standard InChI is InChI=1S/C18H17F3N4OS/c1-10(2)25-14(8-9-22-25)24-16(26)15-11(3)23-17(27-15)12-4-6-13(7-5-12)18(19,20)21/h4-10H,1-3H3,(H,24,26). The van der Waals surface area contributed by atoms with Gasteiger partial charge in [0.2, 0.25) is 0 Å². The Labute approximate surface area is 157 Å². The van der Waals surface area contributed by atoms with Gasteiger partial charge in [-0.1, -0.05) is 12.1 Å². The topological polar surface area (TPSA) is 59.8 Å². The molecule has 2 aromatic heterocycles. The number of halogens is 3. The van der Waals surface area contributed by atoms with E-state index in [1.165, 1.54) is 12.1 Å². The van der Waals surface area contributed by atoms with Crippen molar-refractivity contribution in [2.24, 2.45) is 0 Å². The molecule has 1 N–H and O–H groups in total. The molecule has 0 aliphatic heterocycles. The number of alkyl halides is 3. The number of thiazole rings is 1. The average molecular weight is 394 g/mol. The highest BCUT2D eigenvalue weighted by atomic mass is 32.1. The number of hydrogen-bond donors (Lipinski definition) is 1. The molecule has 0 aliphatic carbocycles. The van der Waals surface area contributed by atoms with Crippen LogP contribution >= 0.6 is 11.3 Å². The molecular formula is C18H17F3N4OS. The molecule has 0 spiro atoms. The number of nitrogens with zero attached hydrogens (tertiary/aromatic N) is 3. The first-order valence-corrected chi connectivity index (χ1v) is 8.98. The van der Waals surface area contributed by atoms with E-state index in [-0.39, 0.29) is 11.9 Å². The summed E-state index contributed by atoms with van der Waals surface area (Å²) in [5.41, 5.74) is 0.324. The molecule has 0 aliphatic rings. The number of carbonyl (C=O) groups is 1. The SMILES string of the molecule is Cc1nc(-c2ccc(C(F)(F)F)cc2)sc1C(=O)Nc1ccnn1C(C)C. The Morgan fingerprint density at radius 2 is 1.85 bits per heavy atom. The Bertz CT molecular complexity index is 958. The second-order valence-corrected chi connectivity index (χ2v) is 7.22. The molecule has 142 valence electrons. The molecule has 27 heavy (non-hydrogen) atoms. The number of hydrogen-bond acceptors (Lipinski definition) is 4. The summed E-state index contributed by atoms with van der Waals surface area (Å²) < 4.78 is 39.8. The van der Waals surface area contributed by atoms with Crippen LogP contribution in [0.1, 0.15) is 40.8 Å². The van der Waals surface area contributed by atoms with Gasteiger partial charge in [-0.05, 0) is 32.9 Å². The van der Waals surface area contributed by atoms with E-state index in [9.17, 15) is 18.0 Å². The van der Waals surface area contributed by atoms with E-state index in [0.717, 1.165) is 23.5 Å². The molecule has 5 nitrogen and oxygen atoms in total. The zero-order chi connectivity index (χ0) is 19.8. The largest absolute Gasteiger partial charge is 0.416 e. The highest BCUT2D eigenvalue weighted by Crippen LogP contribution is 2.33. The maximum Gasteiger partial charge on any atom is 0.416 e. The quantitative estimate of drug-likeness (QED) is 0.664. The average Bonchev–Trinajstić information content (AvgIpc) is 3.20. The lowest BCUT2D eigenvalue weighted by atomic mass is 10.1. The van der Waals surface area contributed by atoms with Crippen LogP contribution in [0.5, 0.6) is 0 Å². The van der Waals surface area contributed by atoms with Gasteiger partial charge in [-0.15, -0.1) is 11.3 Å². The lowest BCUT2D eigenvalue weighted by molar-refractivity contribution is -0.137. The van der Waals surface area contributed by atoms with Gasteiger partial charge in [-0.2, -0.15) is 18.3 Å². The van der Waals surface area contributed by atoms with Crippen LogP contribution in [0, 0.1) is 6.92 Å². The van der Waals surface area contributed by atoms with E-state index >= 15 is 0 Å². The van der Waals surface area contributed by atoms with Crippen LogP contribution in [0.3, 0.4) is 0 Å². The summed E-state index contributed by atoms with van der Waals surface area (Å²) in [6.07, 6.45) is -2.79. The Morgan fingerprint density at radius 1 is 1.19 bits per heavy atom. The second kappa shape index (κ2) is 7.15. The van der Waals surface area contributed by atoms with Crippen molar-refractivity contribution < 1.29 is 18.0 Å². The third-order valence-corrected chi connectivity index (χ3v) is 5.07. The fourth-order valence-corrected chi connectivity index (χ4v) is 3.50. The summed E-state index contributed by atoms with van der Waals surface area (Å²) in [7, 11) is 0. The summed E-state index contributed by atoms with van der Waals surface area (Å²) in [6.45, 7) is 5.59. The van der Waals surface area contributed by atoms with E-state index in [2.05, 4.69) is 15.4 Å². The summed E-state index contributed by atoms with van der Waals surface area (Å²) in [5, 5.41) is 7.46. The maximum atomic E-state index is 12.7. The first kappa shape index (κ1) is 19.1. The van der Waals surface area contributed by atoms with Crippen molar-refractivity contribution in [1.29, 1.82) is 0 Å². The van der Waals surface area contributed by atoms with Crippen LogP contribution in [-0.2, 0) is 6.18 Å². The highest BCUT2D eigenvalue weighted by Gasteiger charge is 2.30. The maximum absolute atomic E-state index is 12.7. The lowest BCUT2D eigenvalue weighted by Gasteiger charge is -2.11. The first-order valence-electron chi connectivity index (χ1n) is 8.16. The van der Waals surface area contributed by atoms with Gasteiger partial charge in [0.25, 0.3) is 5.91 Å². The van der Waals surface area contributed by atoms with E-state index in [4.69, 9.17) is 0 Å². The molecule has 0 radical (unpaired) electrons. The number of rotatable bonds is 4. The Balaban J connectivity index is 1.84. The van der Waals surface area contributed by atoms with Gasteiger partial charge in [0.05, 0.1) is 17.5 Å². The number of anilines is 1. The van der Waals surface area contributed by atoms with Gasteiger partial charge in [-0.25, -0.2) is 9.67 Å². The van der Waals surface area contributed by atoms with Gasteiger partial charge >= 0.3 is 6.18 Å². The van der Waals surface area contributed by atoms with Crippen molar-refractivity contribution >= 4 is 23.1 Å². The van der Waals surface area contributed by atoms with Crippen molar-refractivity contribution in [2.45, 2.75) is 33.0 Å². The van der Waals surface area contributed by atoms with Gasteiger partial charge < -0.3 is 5.32 Å². The molecule has 0 saturated heterocycles. The van der Waals surface area contributed by atoms with Crippen molar-refractivity contribution in [3.63, 3.8) is 0 Å². The monoisotopic (exact) mass is 394 g/mol. The van der Waals surface area contributed by atoms with Crippen LogP contribution in [0.15, 0.2) is 36.5 Å². The number of benzene rings is 1. The number of nitrogens with one attached hydrogen (secondary N) is 1. The Hall–Kier alpha value is -2.68. The molecule has 0 atom stereocenters. The van der Waals surface area contributed by atoms with Crippen LogP contribution in [0.4, 0.5) is 19.0 Å².